The second kappa shape index (κ2) is 7.09. The third-order valence-electron chi connectivity index (χ3n) is 4.05. The van der Waals surface area contributed by atoms with Crippen LogP contribution in [0.4, 0.5) is 0 Å². The van der Waals surface area contributed by atoms with Crippen LogP contribution in [0, 0.1) is 0 Å². The third kappa shape index (κ3) is 3.23. The van der Waals surface area contributed by atoms with Gasteiger partial charge in [0.2, 0.25) is 0 Å². The van der Waals surface area contributed by atoms with E-state index in [4.69, 9.17) is 16.3 Å². The van der Waals surface area contributed by atoms with E-state index in [-0.39, 0.29) is 11.1 Å². The summed E-state index contributed by atoms with van der Waals surface area (Å²) in [6.07, 6.45) is 0. The van der Waals surface area contributed by atoms with Gasteiger partial charge >= 0.3 is 5.97 Å². The van der Waals surface area contributed by atoms with Gasteiger partial charge in [0.15, 0.2) is 12.4 Å². The van der Waals surface area contributed by atoms with Gasteiger partial charge in [0, 0.05) is 10.6 Å². The SMILES string of the molecule is CC(C(=O)OCC(=O)c1cccc(Cl)c1)N1C(=O)c2ccccc2C1=O. The zero-order valence-electron chi connectivity index (χ0n) is 13.8. The molecule has 132 valence electrons. The highest BCUT2D eigenvalue weighted by Gasteiger charge is 2.41. The fraction of sp³-hybridized carbons (Fsp3) is 0.158. The van der Waals surface area contributed by atoms with Crippen LogP contribution in [-0.4, -0.2) is 41.1 Å². The number of halogens is 1. The summed E-state index contributed by atoms with van der Waals surface area (Å²) in [5.74, 6) is -2.39. The Morgan fingerprint density at radius 2 is 1.65 bits per heavy atom. The molecule has 2 amide bonds. The molecule has 3 rings (SSSR count). The van der Waals surface area contributed by atoms with Crippen LogP contribution in [0.3, 0.4) is 0 Å². The first-order chi connectivity index (χ1) is 12.4. The number of imide groups is 1. The maximum atomic E-state index is 12.4. The van der Waals surface area contributed by atoms with E-state index in [1.165, 1.54) is 25.1 Å². The Bertz CT molecular complexity index is 889. The Balaban J connectivity index is 1.66. The molecule has 0 saturated heterocycles. The Labute approximate surface area is 154 Å². The highest BCUT2D eigenvalue weighted by Crippen LogP contribution is 2.24. The van der Waals surface area contributed by atoms with Crippen molar-refractivity contribution >= 4 is 35.2 Å². The lowest BCUT2D eigenvalue weighted by Crippen LogP contribution is -2.44. The minimum absolute atomic E-state index is 0.243. The summed E-state index contributed by atoms with van der Waals surface area (Å²) in [6.45, 7) is 0.876. The number of hydrogen-bond donors (Lipinski definition) is 0. The van der Waals surface area contributed by atoms with E-state index >= 15 is 0 Å². The quantitative estimate of drug-likeness (QED) is 0.458. The summed E-state index contributed by atoms with van der Waals surface area (Å²) in [4.78, 5) is 49.9. The van der Waals surface area contributed by atoms with Crippen molar-refractivity contribution in [2.24, 2.45) is 0 Å². The minimum Gasteiger partial charge on any atom is -0.456 e. The van der Waals surface area contributed by atoms with Crippen molar-refractivity contribution in [3.05, 3.63) is 70.2 Å². The van der Waals surface area contributed by atoms with Crippen molar-refractivity contribution < 1.29 is 23.9 Å². The number of nitrogens with zero attached hydrogens (tertiary/aromatic N) is 1. The van der Waals surface area contributed by atoms with Crippen molar-refractivity contribution in [2.45, 2.75) is 13.0 Å². The number of amides is 2. The van der Waals surface area contributed by atoms with E-state index in [2.05, 4.69) is 0 Å². The van der Waals surface area contributed by atoms with E-state index < -0.39 is 36.2 Å². The van der Waals surface area contributed by atoms with E-state index in [1.807, 2.05) is 0 Å². The summed E-state index contributed by atoms with van der Waals surface area (Å²) < 4.78 is 4.99. The van der Waals surface area contributed by atoms with Crippen molar-refractivity contribution in [3.8, 4) is 0 Å². The Morgan fingerprint density at radius 3 is 2.23 bits per heavy atom. The van der Waals surface area contributed by atoms with Crippen molar-refractivity contribution in [2.75, 3.05) is 6.61 Å². The lowest BCUT2D eigenvalue weighted by molar-refractivity contribution is -0.146. The number of carbonyl (C=O) groups is 4. The first kappa shape index (κ1) is 17.8. The summed E-state index contributed by atoms with van der Waals surface area (Å²) in [6, 6.07) is 11.4. The van der Waals surface area contributed by atoms with Crippen molar-refractivity contribution in [1.82, 2.24) is 4.90 Å². The van der Waals surface area contributed by atoms with Gasteiger partial charge in [-0.3, -0.25) is 19.3 Å². The first-order valence-electron chi connectivity index (χ1n) is 7.82. The maximum Gasteiger partial charge on any atom is 0.329 e. The van der Waals surface area contributed by atoms with Gasteiger partial charge in [-0.05, 0) is 31.2 Å². The van der Waals surface area contributed by atoms with Gasteiger partial charge in [0.1, 0.15) is 6.04 Å². The Hall–Kier alpha value is -2.99. The average molecular weight is 372 g/mol. The van der Waals surface area contributed by atoms with Crippen LogP contribution in [0.5, 0.6) is 0 Å². The molecule has 2 aromatic rings. The van der Waals surface area contributed by atoms with Gasteiger partial charge in [-0.2, -0.15) is 0 Å². The van der Waals surface area contributed by atoms with Gasteiger partial charge in [-0.1, -0.05) is 35.9 Å². The molecule has 1 aliphatic heterocycles. The lowest BCUT2D eigenvalue weighted by Gasteiger charge is -2.20. The molecule has 0 saturated carbocycles. The molecule has 6 nitrogen and oxygen atoms in total. The van der Waals surface area contributed by atoms with Crippen molar-refractivity contribution in [3.63, 3.8) is 0 Å². The van der Waals surface area contributed by atoms with Crippen LogP contribution >= 0.6 is 11.6 Å². The molecule has 7 heteroatoms. The monoisotopic (exact) mass is 371 g/mol. The highest BCUT2D eigenvalue weighted by molar-refractivity contribution is 6.31. The smallest absolute Gasteiger partial charge is 0.329 e. The zero-order valence-corrected chi connectivity index (χ0v) is 14.5. The van der Waals surface area contributed by atoms with E-state index in [9.17, 15) is 19.2 Å². The van der Waals surface area contributed by atoms with Gasteiger partial charge in [0.05, 0.1) is 11.1 Å². The molecule has 0 fully saturated rings. The second-order valence-corrected chi connectivity index (χ2v) is 6.18. The number of benzene rings is 2. The standard InChI is InChI=1S/C19H14ClNO5/c1-11(21-17(23)14-7-2-3-8-15(14)18(21)24)19(25)26-10-16(22)12-5-4-6-13(20)9-12/h2-9,11H,10H2,1H3. The van der Waals surface area contributed by atoms with Crippen LogP contribution in [0.25, 0.3) is 0 Å². The summed E-state index contributed by atoms with van der Waals surface area (Å²) in [5, 5.41) is 0.390. The average Bonchev–Trinajstić information content (AvgIpc) is 2.90. The van der Waals surface area contributed by atoms with E-state index in [0.717, 1.165) is 4.90 Å². The molecule has 0 aliphatic carbocycles. The van der Waals surface area contributed by atoms with E-state index in [0.29, 0.717) is 10.6 Å². The normalized spacial score (nSPS) is 14.2. The molecule has 1 atom stereocenters. The summed E-state index contributed by atoms with van der Waals surface area (Å²) in [7, 11) is 0. The number of ether oxygens (including phenoxy) is 1. The number of carbonyl (C=O) groups excluding carboxylic acids is 4. The fourth-order valence-electron chi connectivity index (χ4n) is 2.67. The third-order valence-corrected chi connectivity index (χ3v) is 4.28. The van der Waals surface area contributed by atoms with Gasteiger partial charge in [-0.15, -0.1) is 0 Å². The molecule has 0 spiro atoms. The molecule has 0 aromatic heterocycles. The molecule has 0 radical (unpaired) electrons. The number of ketones is 1. The van der Waals surface area contributed by atoms with Crippen LogP contribution in [0.2, 0.25) is 5.02 Å². The van der Waals surface area contributed by atoms with E-state index in [1.54, 1.807) is 30.3 Å². The molecule has 1 heterocycles. The maximum absolute atomic E-state index is 12.4. The fourth-order valence-corrected chi connectivity index (χ4v) is 2.86. The number of esters is 1. The highest BCUT2D eigenvalue weighted by atomic mass is 35.5. The topological polar surface area (TPSA) is 80.8 Å². The first-order valence-corrected chi connectivity index (χ1v) is 8.20. The minimum atomic E-state index is -1.14. The molecule has 1 unspecified atom stereocenters. The largest absolute Gasteiger partial charge is 0.456 e. The molecular weight excluding hydrogens is 358 g/mol. The number of Topliss-reactive ketones (excluding diaryl/α,β-unsaturated/α-hetero) is 1. The summed E-state index contributed by atoms with van der Waals surface area (Å²) >= 11 is 5.82. The Morgan fingerprint density at radius 1 is 1.04 bits per heavy atom. The van der Waals surface area contributed by atoms with Crippen LogP contribution < -0.4 is 0 Å². The van der Waals surface area contributed by atoms with Gasteiger partial charge in [0.25, 0.3) is 11.8 Å². The van der Waals surface area contributed by atoms with Gasteiger partial charge in [-0.25, -0.2) is 4.79 Å². The molecule has 0 N–H and O–H groups in total. The number of rotatable bonds is 5. The van der Waals surface area contributed by atoms with Crippen LogP contribution in [-0.2, 0) is 9.53 Å². The predicted octanol–water partition coefficient (Wildman–Crippen LogP) is 2.75. The molecule has 0 bridgehead atoms. The van der Waals surface area contributed by atoms with Gasteiger partial charge < -0.3 is 4.74 Å². The second-order valence-electron chi connectivity index (χ2n) is 5.74. The molecular formula is C19H14ClNO5. The van der Waals surface area contributed by atoms with Crippen LogP contribution in [0.15, 0.2) is 48.5 Å². The molecule has 26 heavy (non-hydrogen) atoms. The van der Waals surface area contributed by atoms with Crippen LogP contribution in [0.1, 0.15) is 38.0 Å². The lowest BCUT2D eigenvalue weighted by atomic mass is 10.1. The summed E-state index contributed by atoms with van der Waals surface area (Å²) in [5.41, 5.74) is 0.790. The molecule has 2 aromatic carbocycles. The number of fused-ring (bicyclic) bond motifs is 1. The van der Waals surface area contributed by atoms with Crippen molar-refractivity contribution in [1.29, 1.82) is 0 Å². The molecule has 1 aliphatic rings. The Kier molecular flexibility index (Phi) is 4.86. The number of hydrogen-bond acceptors (Lipinski definition) is 5. The predicted molar refractivity (Wildman–Crippen MR) is 93.1 cm³/mol. The zero-order chi connectivity index (χ0) is 18.8.